The predicted molar refractivity (Wildman–Crippen MR) is 98.0 cm³/mol. The fourth-order valence-electron chi connectivity index (χ4n) is 1.96. The quantitative estimate of drug-likeness (QED) is 0.750. The second-order valence-electron chi connectivity index (χ2n) is 5.24. The molecule has 24 heavy (non-hydrogen) atoms. The van der Waals surface area contributed by atoms with Crippen LogP contribution in [0.3, 0.4) is 0 Å². The maximum Gasteiger partial charge on any atom is 0.119 e. The van der Waals surface area contributed by atoms with Crippen molar-refractivity contribution in [2.75, 3.05) is 31.3 Å². The zero-order valence-corrected chi connectivity index (χ0v) is 14.3. The maximum absolute atomic E-state index is 12.2. The Hall–Kier alpha value is -2.16. The number of hydrogen-bond acceptors (Lipinski definition) is 4. The highest BCUT2D eigenvalue weighted by Crippen LogP contribution is 2.15. The molecule has 0 spiro atoms. The van der Waals surface area contributed by atoms with Crippen LogP contribution in [-0.2, 0) is 0 Å². The molecule has 1 unspecified atom stereocenters. The first-order chi connectivity index (χ1) is 11.7. The van der Waals surface area contributed by atoms with E-state index < -0.39 is 0 Å². The van der Waals surface area contributed by atoms with Gasteiger partial charge in [0.15, 0.2) is 0 Å². The van der Waals surface area contributed by atoms with Gasteiger partial charge in [-0.15, -0.1) is 0 Å². The molecule has 0 aliphatic rings. The zero-order chi connectivity index (χ0) is 17.2. The summed E-state index contributed by atoms with van der Waals surface area (Å²) < 4.78 is 17.8. The van der Waals surface area contributed by atoms with E-state index in [9.17, 15) is 3.89 Å². The molecule has 1 atom stereocenters. The van der Waals surface area contributed by atoms with Crippen molar-refractivity contribution >= 4 is 17.8 Å². The Balaban J connectivity index is 1.93. The second-order valence-corrected chi connectivity index (χ2v) is 5.79. The molecule has 2 aromatic rings. The summed E-state index contributed by atoms with van der Waals surface area (Å²) in [4.78, 5) is 0. The smallest absolute Gasteiger partial charge is 0.119 e. The molecule has 0 bridgehead atoms. The number of hydrogen-bond donors (Lipinski definition) is 2. The Labute approximate surface area is 146 Å². The summed E-state index contributed by atoms with van der Waals surface area (Å²) in [7, 11) is 1.88. The normalized spacial score (nSPS) is 11.3. The Morgan fingerprint density at radius 2 is 1.67 bits per heavy atom. The summed E-state index contributed by atoms with van der Waals surface area (Å²) in [6.07, 6.45) is 0. The van der Waals surface area contributed by atoms with E-state index in [1.165, 1.54) is 0 Å². The molecule has 0 saturated carbocycles. The molecular formula is C19H20FNO2S. The summed E-state index contributed by atoms with van der Waals surface area (Å²) in [6, 6.07) is 15.3. The average molecular weight is 345 g/mol. The SMILES string of the molecule is CNc1ccc(C#Cc2ccc(OCC(CO)CSF)cc2)cc1. The van der Waals surface area contributed by atoms with Gasteiger partial charge in [0.25, 0.3) is 0 Å². The van der Waals surface area contributed by atoms with Gasteiger partial charge >= 0.3 is 0 Å². The fraction of sp³-hybridized carbons (Fsp3) is 0.263. The van der Waals surface area contributed by atoms with E-state index in [0.717, 1.165) is 16.8 Å². The fourth-order valence-corrected chi connectivity index (χ4v) is 2.34. The molecule has 2 N–H and O–H groups in total. The van der Waals surface area contributed by atoms with Crippen LogP contribution in [-0.4, -0.2) is 31.1 Å². The van der Waals surface area contributed by atoms with Crippen LogP contribution in [0.1, 0.15) is 11.1 Å². The lowest BCUT2D eigenvalue weighted by Crippen LogP contribution is -2.18. The van der Waals surface area contributed by atoms with Gasteiger partial charge in [0.1, 0.15) is 5.75 Å². The van der Waals surface area contributed by atoms with Crippen LogP contribution in [0.5, 0.6) is 5.75 Å². The van der Waals surface area contributed by atoms with Crippen LogP contribution in [0.15, 0.2) is 48.5 Å². The first-order valence-corrected chi connectivity index (χ1v) is 8.51. The van der Waals surface area contributed by atoms with Crippen molar-refractivity contribution in [3.05, 3.63) is 59.7 Å². The highest BCUT2D eigenvalue weighted by molar-refractivity contribution is 7.94. The van der Waals surface area contributed by atoms with Gasteiger partial charge in [-0.25, -0.2) is 0 Å². The van der Waals surface area contributed by atoms with Crippen molar-refractivity contribution in [3.8, 4) is 17.6 Å². The van der Waals surface area contributed by atoms with Gasteiger partial charge < -0.3 is 15.2 Å². The van der Waals surface area contributed by atoms with Gasteiger partial charge in [0.2, 0.25) is 0 Å². The summed E-state index contributed by atoms with van der Waals surface area (Å²) in [5, 5.41) is 12.2. The molecule has 0 aromatic heterocycles. The summed E-state index contributed by atoms with van der Waals surface area (Å²) in [5.41, 5.74) is 2.89. The van der Waals surface area contributed by atoms with Crippen molar-refractivity contribution in [1.29, 1.82) is 0 Å². The summed E-state index contributed by atoms with van der Waals surface area (Å²) in [6.45, 7) is 0.197. The van der Waals surface area contributed by atoms with Crippen LogP contribution < -0.4 is 10.1 Å². The number of rotatable bonds is 7. The molecule has 0 heterocycles. The van der Waals surface area contributed by atoms with Crippen LogP contribution in [0, 0.1) is 17.8 Å². The average Bonchev–Trinajstić information content (AvgIpc) is 2.64. The van der Waals surface area contributed by atoms with Crippen LogP contribution in [0.25, 0.3) is 0 Å². The Morgan fingerprint density at radius 3 is 2.17 bits per heavy atom. The number of aliphatic hydroxyl groups is 1. The number of halogens is 1. The van der Waals surface area contributed by atoms with Crippen molar-refractivity contribution in [2.24, 2.45) is 5.92 Å². The van der Waals surface area contributed by atoms with Gasteiger partial charge in [-0.05, 0) is 48.5 Å². The lowest BCUT2D eigenvalue weighted by Gasteiger charge is -2.12. The van der Waals surface area contributed by atoms with Gasteiger partial charge in [-0.3, -0.25) is 0 Å². The number of anilines is 1. The topological polar surface area (TPSA) is 41.5 Å². The van der Waals surface area contributed by atoms with Crippen LogP contribution >= 0.6 is 12.1 Å². The van der Waals surface area contributed by atoms with Crippen molar-refractivity contribution in [3.63, 3.8) is 0 Å². The third-order valence-corrected chi connectivity index (χ3v) is 4.02. The van der Waals surface area contributed by atoms with E-state index in [1.54, 1.807) is 0 Å². The predicted octanol–water partition coefficient (Wildman–Crippen LogP) is 3.73. The molecule has 0 radical (unpaired) electrons. The van der Waals surface area contributed by atoms with Gasteiger partial charge in [0, 0.05) is 47.7 Å². The number of ether oxygens (including phenoxy) is 1. The third-order valence-electron chi connectivity index (χ3n) is 3.42. The monoisotopic (exact) mass is 345 g/mol. The Kier molecular flexibility index (Phi) is 7.47. The van der Waals surface area contributed by atoms with Crippen molar-refractivity contribution in [1.82, 2.24) is 0 Å². The minimum absolute atomic E-state index is 0.0905. The lowest BCUT2D eigenvalue weighted by molar-refractivity contribution is 0.177. The Bertz CT molecular complexity index is 677. The molecule has 0 aliphatic heterocycles. The van der Waals surface area contributed by atoms with Crippen molar-refractivity contribution < 1.29 is 13.7 Å². The molecule has 2 aromatic carbocycles. The molecule has 126 valence electrons. The molecule has 0 fully saturated rings. The third kappa shape index (κ3) is 5.80. The second kappa shape index (κ2) is 9.86. The maximum atomic E-state index is 12.2. The summed E-state index contributed by atoms with van der Waals surface area (Å²) in [5.74, 6) is 6.92. The van der Waals surface area contributed by atoms with E-state index in [4.69, 9.17) is 9.84 Å². The van der Waals surface area contributed by atoms with E-state index in [0.29, 0.717) is 5.75 Å². The first kappa shape index (κ1) is 18.2. The molecule has 0 amide bonds. The Morgan fingerprint density at radius 1 is 1.08 bits per heavy atom. The molecule has 5 heteroatoms. The van der Waals surface area contributed by atoms with E-state index >= 15 is 0 Å². The van der Waals surface area contributed by atoms with Gasteiger partial charge in [0.05, 0.1) is 13.2 Å². The number of nitrogens with one attached hydrogen (secondary N) is 1. The van der Waals surface area contributed by atoms with Crippen LogP contribution in [0.2, 0.25) is 0 Å². The molecule has 0 aliphatic carbocycles. The number of benzene rings is 2. The molecular weight excluding hydrogens is 325 g/mol. The molecule has 0 saturated heterocycles. The van der Waals surface area contributed by atoms with Crippen molar-refractivity contribution in [2.45, 2.75) is 0 Å². The first-order valence-electron chi connectivity index (χ1n) is 7.62. The standard InChI is InChI=1S/C19H20FNO2S/c1-21-18-8-4-15(5-9-18)2-3-16-6-10-19(11-7-16)23-13-17(12-22)14-24-20/h4-11,17,21-22H,12-14H2,1H3. The van der Waals surface area contributed by atoms with E-state index in [2.05, 4.69) is 17.2 Å². The zero-order valence-electron chi connectivity index (χ0n) is 13.5. The highest BCUT2D eigenvalue weighted by Gasteiger charge is 2.08. The highest BCUT2D eigenvalue weighted by atomic mass is 32.2. The molecule has 2 rings (SSSR count). The largest absolute Gasteiger partial charge is 0.493 e. The van der Waals surface area contributed by atoms with E-state index in [-0.39, 0.29) is 37.0 Å². The van der Waals surface area contributed by atoms with Gasteiger partial charge in [-0.2, -0.15) is 3.89 Å². The minimum Gasteiger partial charge on any atom is -0.493 e. The summed E-state index contributed by atoms with van der Waals surface area (Å²) >= 11 is 0.216. The number of aliphatic hydroxyl groups excluding tert-OH is 1. The van der Waals surface area contributed by atoms with Crippen LogP contribution in [0.4, 0.5) is 9.57 Å². The minimum atomic E-state index is -0.208. The van der Waals surface area contributed by atoms with Gasteiger partial charge in [-0.1, -0.05) is 11.8 Å². The molecule has 3 nitrogen and oxygen atoms in total. The van der Waals surface area contributed by atoms with E-state index in [1.807, 2.05) is 55.6 Å². The lowest BCUT2D eigenvalue weighted by atomic mass is 10.1.